The molecule has 0 fully saturated rings. The molecule has 0 saturated heterocycles. The summed E-state index contributed by atoms with van der Waals surface area (Å²) in [5, 5.41) is 4.26. The summed E-state index contributed by atoms with van der Waals surface area (Å²) < 4.78 is 3.63. The van der Waals surface area contributed by atoms with Crippen molar-refractivity contribution in [2.45, 2.75) is 6.42 Å². The van der Waals surface area contributed by atoms with Gasteiger partial charge in [-0.1, -0.05) is 0 Å². The maximum absolute atomic E-state index is 13.0. The highest BCUT2D eigenvalue weighted by Crippen LogP contribution is 2.29. The molecule has 0 aliphatic carbocycles. The van der Waals surface area contributed by atoms with Gasteiger partial charge >= 0.3 is 0 Å². The van der Waals surface area contributed by atoms with E-state index in [4.69, 9.17) is 0 Å². The summed E-state index contributed by atoms with van der Waals surface area (Å²) in [5.41, 5.74) is 2.66. The van der Waals surface area contributed by atoms with Gasteiger partial charge < -0.3 is 9.47 Å². The first-order chi connectivity index (χ1) is 10.8. The van der Waals surface area contributed by atoms with Crippen LogP contribution in [0.2, 0.25) is 0 Å². The quantitative estimate of drug-likeness (QED) is 0.724. The molecule has 0 saturated carbocycles. The number of carbonyl (C=O) groups is 1. The molecule has 3 aromatic rings. The predicted octanol–water partition coefficient (Wildman–Crippen LogP) is 1.81. The number of nitrogens with zero attached hydrogens (tertiary/aromatic N) is 5. The Hall–Kier alpha value is -2.89. The van der Waals surface area contributed by atoms with E-state index in [9.17, 15) is 4.79 Å². The van der Waals surface area contributed by atoms with Gasteiger partial charge in [0.05, 0.1) is 11.9 Å². The van der Waals surface area contributed by atoms with Gasteiger partial charge in [-0.15, -0.1) is 0 Å². The van der Waals surface area contributed by atoms with Crippen molar-refractivity contribution in [2.24, 2.45) is 7.05 Å². The second-order valence-electron chi connectivity index (χ2n) is 5.31. The lowest BCUT2D eigenvalue weighted by atomic mass is 10.2. The molecule has 0 N–H and O–H groups in total. The van der Waals surface area contributed by atoms with Crippen LogP contribution in [0.25, 0.3) is 5.82 Å². The van der Waals surface area contributed by atoms with Crippen molar-refractivity contribution in [3.05, 3.63) is 60.3 Å². The Morgan fingerprint density at radius 3 is 2.86 bits per heavy atom. The van der Waals surface area contributed by atoms with Gasteiger partial charge in [-0.25, -0.2) is 0 Å². The summed E-state index contributed by atoms with van der Waals surface area (Å²) in [6, 6.07) is 5.75. The molecule has 6 nitrogen and oxygen atoms in total. The largest absolute Gasteiger partial charge is 0.308 e. The van der Waals surface area contributed by atoms with E-state index >= 15 is 0 Å². The molecule has 1 amide bonds. The smallest absolute Gasteiger partial charge is 0.263 e. The first-order valence-electron chi connectivity index (χ1n) is 7.16. The van der Waals surface area contributed by atoms with E-state index in [1.807, 2.05) is 48.4 Å². The molecule has 4 heterocycles. The fourth-order valence-corrected chi connectivity index (χ4v) is 2.95. The van der Waals surface area contributed by atoms with Gasteiger partial charge in [-0.05, 0) is 30.2 Å². The minimum Gasteiger partial charge on any atom is -0.308 e. The lowest BCUT2D eigenvalue weighted by molar-refractivity contribution is 0.0989. The van der Waals surface area contributed by atoms with Crippen LogP contribution in [0.3, 0.4) is 0 Å². The molecule has 6 heteroatoms. The van der Waals surface area contributed by atoms with Crippen LogP contribution < -0.4 is 4.90 Å². The molecule has 110 valence electrons. The monoisotopic (exact) mass is 293 g/mol. The second kappa shape index (κ2) is 4.84. The Morgan fingerprint density at radius 1 is 1.23 bits per heavy atom. The van der Waals surface area contributed by atoms with Crippen LogP contribution in [0.4, 0.5) is 5.69 Å². The van der Waals surface area contributed by atoms with Crippen LogP contribution in [0, 0.1) is 0 Å². The highest BCUT2D eigenvalue weighted by molar-refractivity contribution is 6.09. The van der Waals surface area contributed by atoms with E-state index < -0.39 is 0 Å². The van der Waals surface area contributed by atoms with E-state index in [1.54, 1.807) is 22.0 Å². The number of pyridine rings is 1. The molecule has 22 heavy (non-hydrogen) atoms. The number of anilines is 1. The number of aromatic nitrogens is 4. The van der Waals surface area contributed by atoms with Crippen LogP contribution in [-0.2, 0) is 13.5 Å². The predicted molar refractivity (Wildman–Crippen MR) is 82.2 cm³/mol. The second-order valence-corrected chi connectivity index (χ2v) is 5.31. The molecule has 4 rings (SSSR count). The van der Waals surface area contributed by atoms with Crippen molar-refractivity contribution in [3.8, 4) is 5.82 Å². The standard InChI is InChI=1S/C16H15N5O/c1-19-15(20-7-2-3-8-20)13(11-18-19)16(22)21-9-5-12-10-17-6-4-14(12)21/h2-4,6-8,10-11H,5,9H2,1H3. The Kier molecular flexibility index (Phi) is 2.82. The van der Waals surface area contributed by atoms with E-state index in [2.05, 4.69) is 10.1 Å². The summed E-state index contributed by atoms with van der Waals surface area (Å²) in [6.45, 7) is 0.680. The van der Waals surface area contributed by atoms with Gasteiger partial charge in [-0.2, -0.15) is 5.10 Å². The number of hydrogen-bond donors (Lipinski definition) is 0. The highest BCUT2D eigenvalue weighted by Gasteiger charge is 2.28. The molecule has 0 radical (unpaired) electrons. The number of carbonyl (C=O) groups excluding carboxylic acids is 1. The van der Waals surface area contributed by atoms with Crippen molar-refractivity contribution in [1.82, 2.24) is 19.3 Å². The molecule has 0 aromatic carbocycles. The normalized spacial score (nSPS) is 13.4. The van der Waals surface area contributed by atoms with Crippen molar-refractivity contribution in [3.63, 3.8) is 0 Å². The van der Waals surface area contributed by atoms with Crippen molar-refractivity contribution >= 4 is 11.6 Å². The Labute approximate surface area is 127 Å². The zero-order chi connectivity index (χ0) is 15.1. The van der Waals surface area contributed by atoms with Crippen molar-refractivity contribution in [2.75, 3.05) is 11.4 Å². The van der Waals surface area contributed by atoms with E-state index in [0.717, 1.165) is 23.5 Å². The van der Waals surface area contributed by atoms with Crippen molar-refractivity contribution in [1.29, 1.82) is 0 Å². The fraction of sp³-hybridized carbons (Fsp3) is 0.188. The Morgan fingerprint density at radius 2 is 2.05 bits per heavy atom. The van der Waals surface area contributed by atoms with Gasteiger partial charge in [0.2, 0.25) is 0 Å². The molecule has 0 bridgehead atoms. The molecule has 1 aliphatic heterocycles. The maximum atomic E-state index is 13.0. The van der Waals surface area contributed by atoms with Crippen LogP contribution in [-0.4, -0.2) is 31.8 Å². The van der Waals surface area contributed by atoms with E-state index in [1.165, 1.54) is 0 Å². The van der Waals surface area contributed by atoms with Crippen LogP contribution in [0.5, 0.6) is 0 Å². The summed E-state index contributed by atoms with van der Waals surface area (Å²) in [7, 11) is 1.84. The maximum Gasteiger partial charge on any atom is 0.263 e. The van der Waals surface area contributed by atoms with Crippen LogP contribution in [0.1, 0.15) is 15.9 Å². The summed E-state index contributed by atoms with van der Waals surface area (Å²) in [4.78, 5) is 18.9. The zero-order valence-electron chi connectivity index (χ0n) is 12.2. The Balaban J connectivity index is 1.77. The Bertz CT molecular complexity index is 834. The topological polar surface area (TPSA) is 56.0 Å². The molecule has 0 atom stereocenters. The summed E-state index contributed by atoms with van der Waals surface area (Å²) >= 11 is 0. The number of hydrogen-bond acceptors (Lipinski definition) is 3. The van der Waals surface area contributed by atoms with E-state index in [-0.39, 0.29) is 5.91 Å². The lowest BCUT2D eigenvalue weighted by Gasteiger charge is -2.17. The van der Waals surface area contributed by atoms with Gasteiger partial charge in [0.1, 0.15) is 11.4 Å². The zero-order valence-corrected chi connectivity index (χ0v) is 12.2. The van der Waals surface area contributed by atoms with Crippen molar-refractivity contribution < 1.29 is 4.79 Å². The van der Waals surface area contributed by atoms with Crippen LogP contribution >= 0.6 is 0 Å². The van der Waals surface area contributed by atoms with Gasteiger partial charge in [-0.3, -0.25) is 14.5 Å². The lowest BCUT2D eigenvalue weighted by Crippen LogP contribution is -2.29. The average molecular weight is 293 g/mol. The number of aryl methyl sites for hydroxylation is 1. The minimum absolute atomic E-state index is 0.0262. The van der Waals surface area contributed by atoms with Crippen LogP contribution in [0.15, 0.2) is 49.2 Å². The molecular weight excluding hydrogens is 278 g/mol. The fourth-order valence-electron chi connectivity index (χ4n) is 2.95. The minimum atomic E-state index is -0.0262. The molecule has 3 aromatic heterocycles. The van der Waals surface area contributed by atoms with E-state index in [0.29, 0.717) is 12.1 Å². The van der Waals surface area contributed by atoms with Gasteiger partial charge in [0.15, 0.2) is 0 Å². The third kappa shape index (κ3) is 1.84. The number of amides is 1. The van der Waals surface area contributed by atoms with Gasteiger partial charge in [0.25, 0.3) is 5.91 Å². The summed E-state index contributed by atoms with van der Waals surface area (Å²) in [5.74, 6) is 0.749. The first kappa shape index (κ1) is 12.8. The highest BCUT2D eigenvalue weighted by atomic mass is 16.2. The third-order valence-corrected chi connectivity index (χ3v) is 4.01. The number of fused-ring (bicyclic) bond motifs is 1. The molecule has 1 aliphatic rings. The number of rotatable bonds is 2. The average Bonchev–Trinajstić information content (AvgIpc) is 3.25. The van der Waals surface area contributed by atoms with Gasteiger partial charge in [0, 0.05) is 38.4 Å². The molecule has 0 unspecified atom stereocenters. The first-order valence-corrected chi connectivity index (χ1v) is 7.16. The molecular formula is C16H15N5O. The third-order valence-electron chi connectivity index (χ3n) is 4.01. The molecule has 0 spiro atoms. The SMILES string of the molecule is Cn1ncc(C(=O)N2CCc3cnccc32)c1-n1cccc1. The summed E-state index contributed by atoms with van der Waals surface area (Å²) in [6.07, 6.45) is 9.86.